The van der Waals surface area contributed by atoms with Crippen LogP contribution in [0.3, 0.4) is 0 Å². The number of rotatable bonds is 7. The number of para-hydroxylation sites is 1. The molecule has 0 heterocycles. The van der Waals surface area contributed by atoms with Gasteiger partial charge >= 0.3 is 0 Å². The zero-order valence-corrected chi connectivity index (χ0v) is 17.4. The van der Waals surface area contributed by atoms with Gasteiger partial charge in [-0.25, -0.2) is 8.42 Å². The zero-order valence-electron chi connectivity index (χ0n) is 15.8. The van der Waals surface area contributed by atoms with Crippen LogP contribution in [0.15, 0.2) is 42.5 Å². The fourth-order valence-corrected chi connectivity index (χ4v) is 3.15. The summed E-state index contributed by atoms with van der Waals surface area (Å²) in [6.45, 7) is 2.48. The van der Waals surface area contributed by atoms with Gasteiger partial charge < -0.3 is 10.6 Å². The minimum atomic E-state index is -3.45. The number of halogens is 1. The summed E-state index contributed by atoms with van der Waals surface area (Å²) >= 11 is 6.19. The van der Waals surface area contributed by atoms with Gasteiger partial charge in [-0.15, -0.1) is 0 Å². The molecule has 0 aromatic heterocycles. The molecule has 0 saturated heterocycles. The number of amides is 2. The van der Waals surface area contributed by atoms with Gasteiger partial charge in [-0.3, -0.25) is 13.9 Å². The summed E-state index contributed by atoms with van der Waals surface area (Å²) in [4.78, 5) is 24.9. The molecule has 0 unspecified atom stereocenters. The predicted octanol–water partition coefficient (Wildman–Crippen LogP) is 3.13. The molecule has 2 amide bonds. The highest BCUT2D eigenvalue weighted by Crippen LogP contribution is 2.26. The summed E-state index contributed by atoms with van der Waals surface area (Å²) in [6, 6.07) is 11.0. The number of benzene rings is 2. The van der Waals surface area contributed by atoms with Crippen LogP contribution in [-0.4, -0.2) is 40.1 Å². The smallest absolute Gasteiger partial charge is 0.257 e. The molecule has 0 fully saturated rings. The van der Waals surface area contributed by atoms with E-state index in [0.29, 0.717) is 23.5 Å². The molecule has 7 nitrogen and oxygen atoms in total. The lowest BCUT2D eigenvalue weighted by molar-refractivity contribution is 0.0954. The lowest BCUT2D eigenvalue weighted by atomic mass is 10.1. The first kappa shape index (κ1) is 21.7. The van der Waals surface area contributed by atoms with Crippen molar-refractivity contribution in [3.05, 3.63) is 58.6 Å². The fraction of sp³-hybridized carbons (Fsp3) is 0.263. The van der Waals surface area contributed by atoms with Gasteiger partial charge in [-0.1, -0.05) is 30.7 Å². The Morgan fingerprint density at radius 1 is 1.07 bits per heavy atom. The van der Waals surface area contributed by atoms with Gasteiger partial charge in [-0.2, -0.15) is 0 Å². The van der Waals surface area contributed by atoms with E-state index in [9.17, 15) is 18.0 Å². The summed E-state index contributed by atoms with van der Waals surface area (Å²) in [5, 5.41) is 5.55. The van der Waals surface area contributed by atoms with Gasteiger partial charge in [0, 0.05) is 13.6 Å². The lowest BCUT2D eigenvalue weighted by Gasteiger charge is -2.18. The van der Waals surface area contributed by atoms with Crippen LogP contribution >= 0.6 is 11.6 Å². The molecule has 0 aliphatic heterocycles. The van der Waals surface area contributed by atoms with E-state index in [1.54, 1.807) is 24.3 Å². The molecule has 0 aliphatic carbocycles. The van der Waals surface area contributed by atoms with Crippen LogP contribution in [0.5, 0.6) is 0 Å². The number of carbonyl (C=O) groups is 2. The maximum Gasteiger partial charge on any atom is 0.257 e. The van der Waals surface area contributed by atoms with Crippen LogP contribution in [0.4, 0.5) is 11.4 Å². The van der Waals surface area contributed by atoms with Crippen LogP contribution in [0.2, 0.25) is 5.02 Å². The molecule has 2 rings (SSSR count). The second-order valence-corrected chi connectivity index (χ2v) is 8.57. The third-order valence-electron chi connectivity index (χ3n) is 4.01. The second-order valence-electron chi connectivity index (χ2n) is 6.15. The third-order valence-corrected chi connectivity index (χ3v) is 5.53. The highest BCUT2D eigenvalue weighted by atomic mass is 35.5. The summed E-state index contributed by atoms with van der Waals surface area (Å²) in [5.74, 6) is -0.789. The van der Waals surface area contributed by atoms with Crippen LogP contribution < -0.4 is 14.9 Å². The minimum absolute atomic E-state index is 0.0958. The molecule has 0 bridgehead atoms. The standard InChI is InChI=1S/C19H22ClN3O4S/c1-4-11-21-18(24)15-7-5-6-8-17(15)22-19(25)14-10-9-13(12-16(14)20)23(2)28(3,26)27/h5-10,12H,4,11H2,1-3H3,(H,21,24)(H,22,25). The molecule has 0 spiro atoms. The first-order chi connectivity index (χ1) is 13.1. The molecule has 0 radical (unpaired) electrons. The van der Waals surface area contributed by atoms with Crippen molar-refractivity contribution in [2.45, 2.75) is 13.3 Å². The van der Waals surface area contributed by atoms with Crippen molar-refractivity contribution >= 4 is 44.8 Å². The molecular weight excluding hydrogens is 402 g/mol. The fourth-order valence-electron chi connectivity index (χ4n) is 2.39. The monoisotopic (exact) mass is 423 g/mol. The quantitative estimate of drug-likeness (QED) is 0.715. The van der Waals surface area contributed by atoms with E-state index in [1.807, 2.05) is 6.92 Å². The molecule has 9 heteroatoms. The SMILES string of the molecule is CCCNC(=O)c1ccccc1NC(=O)c1ccc(N(C)S(C)(=O)=O)cc1Cl. The number of sulfonamides is 1. The van der Waals surface area contributed by atoms with Gasteiger partial charge in [0.2, 0.25) is 10.0 Å². The van der Waals surface area contributed by atoms with E-state index in [2.05, 4.69) is 10.6 Å². The first-order valence-corrected chi connectivity index (χ1v) is 10.8. The van der Waals surface area contributed by atoms with Crippen molar-refractivity contribution in [2.75, 3.05) is 29.5 Å². The Labute approximate surface area is 169 Å². The molecule has 0 aliphatic rings. The van der Waals surface area contributed by atoms with Crippen molar-refractivity contribution in [3.63, 3.8) is 0 Å². The van der Waals surface area contributed by atoms with Crippen molar-refractivity contribution in [2.24, 2.45) is 0 Å². The first-order valence-electron chi connectivity index (χ1n) is 8.57. The molecule has 2 aromatic carbocycles. The Bertz CT molecular complexity index is 992. The van der Waals surface area contributed by atoms with Crippen molar-refractivity contribution in [1.82, 2.24) is 5.32 Å². The van der Waals surface area contributed by atoms with Gasteiger partial charge in [0.1, 0.15) is 0 Å². The van der Waals surface area contributed by atoms with E-state index in [4.69, 9.17) is 11.6 Å². The number of nitrogens with one attached hydrogen (secondary N) is 2. The Hall–Kier alpha value is -2.58. The zero-order chi connectivity index (χ0) is 20.9. The maximum atomic E-state index is 12.6. The predicted molar refractivity (Wildman–Crippen MR) is 112 cm³/mol. The van der Waals surface area contributed by atoms with Gasteiger partial charge in [-0.05, 0) is 36.8 Å². The van der Waals surface area contributed by atoms with E-state index in [1.165, 1.54) is 25.2 Å². The largest absolute Gasteiger partial charge is 0.352 e. The Balaban J connectivity index is 2.26. The molecule has 2 N–H and O–H groups in total. The topological polar surface area (TPSA) is 95.6 Å². The molecule has 0 atom stereocenters. The third kappa shape index (κ3) is 5.24. The molecule has 0 saturated carbocycles. The highest BCUT2D eigenvalue weighted by Gasteiger charge is 2.18. The van der Waals surface area contributed by atoms with E-state index in [-0.39, 0.29) is 16.5 Å². The average molecular weight is 424 g/mol. The molecule has 150 valence electrons. The van der Waals surface area contributed by atoms with E-state index in [0.717, 1.165) is 17.0 Å². The highest BCUT2D eigenvalue weighted by molar-refractivity contribution is 7.92. The average Bonchev–Trinajstić information content (AvgIpc) is 2.64. The Kier molecular flexibility index (Phi) is 7.04. The van der Waals surface area contributed by atoms with Crippen LogP contribution in [-0.2, 0) is 10.0 Å². The summed E-state index contributed by atoms with van der Waals surface area (Å²) in [7, 11) is -2.05. The molecular formula is C19H22ClN3O4S. The number of nitrogens with zero attached hydrogens (tertiary/aromatic N) is 1. The Morgan fingerprint density at radius 2 is 1.75 bits per heavy atom. The maximum absolute atomic E-state index is 12.6. The van der Waals surface area contributed by atoms with Crippen LogP contribution in [0.1, 0.15) is 34.1 Å². The lowest BCUT2D eigenvalue weighted by Crippen LogP contribution is -2.26. The molecule has 2 aromatic rings. The molecule has 28 heavy (non-hydrogen) atoms. The van der Waals surface area contributed by atoms with E-state index < -0.39 is 15.9 Å². The summed E-state index contributed by atoms with van der Waals surface area (Å²) in [6.07, 6.45) is 1.87. The number of carbonyl (C=O) groups excluding carboxylic acids is 2. The van der Waals surface area contributed by atoms with Gasteiger partial charge in [0.15, 0.2) is 0 Å². The second kappa shape index (κ2) is 9.07. The van der Waals surface area contributed by atoms with Crippen molar-refractivity contribution < 1.29 is 18.0 Å². The number of hydrogen-bond donors (Lipinski definition) is 2. The van der Waals surface area contributed by atoms with Gasteiger partial charge in [0.05, 0.1) is 33.8 Å². The Morgan fingerprint density at radius 3 is 2.36 bits per heavy atom. The van der Waals surface area contributed by atoms with Gasteiger partial charge in [0.25, 0.3) is 11.8 Å². The van der Waals surface area contributed by atoms with Crippen molar-refractivity contribution in [3.8, 4) is 0 Å². The normalized spacial score (nSPS) is 11.0. The van der Waals surface area contributed by atoms with Crippen molar-refractivity contribution in [1.29, 1.82) is 0 Å². The summed E-state index contributed by atoms with van der Waals surface area (Å²) in [5.41, 5.74) is 1.20. The summed E-state index contributed by atoms with van der Waals surface area (Å²) < 4.78 is 24.4. The van der Waals surface area contributed by atoms with E-state index >= 15 is 0 Å². The van der Waals surface area contributed by atoms with Crippen LogP contribution in [0, 0.1) is 0 Å². The number of hydrogen-bond acceptors (Lipinski definition) is 4. The minimum Gasteiger partial charge on any atom is -0.352 e. The van der Waals surface area contributed by atoms with Crippen LogP contribution in [0.25, 0.3) is 0 Å². The number of anilines is 2.